The van der Waals surface area contributed by atoms with Gasteiger partial charge in [-0.25, -0.2) is 0 Å². The molecule has 3 rings (SSSR count). The van der Waals surface area contributed by atoms with E-state index in [0.717, 1.165) is 35.7 Å². The number of unbranched alkanes of at least 4 members (excludes halogenated alkanes) is 1. The average molecular weight is 528 g/mol. The van der Waals surface area contributed by atoms with Gasteiger partial charge >= 0.3 is 0 Å². The average Bonchev–Trinajstić information content (AvgIpc) is 2.94. The SMILES string of the molecule is CCCCN1C(=O)S/C(=C\c2ccc(OCc3ccc(I)cc3)c(Cl)c2)C1=O. The van der Waals surface area contributed by atoms with Crippen molar-refractivity contribution in [2.24, 2.45) is 0 Å². The number of imide groups is 1. The molecule has 0 bridgehead atoms. The molecule has 4 nitrogen and oxygen atoms in total. The van der Waals surface area contributed by atoms with Gasteiger partial charge in [0, 0.05) is 10.1 Å². The first-order valence-electron chi connectivity index (χ1n) is 8.90. The van der Waals surface area contributed by atoms with E-state index in [-0.39, 0.29) is 11.1 Å². The van der Waals surface area contributed by atoms with Crippen LogP contribution >= 0.6 is 46.0 Å². The quantitative estimate of drug-likeness (QED) is 0.310. The second-order valence-corrected chi connectivity index (χ2v) is 8.94. The molecule has 2 amide bonds. The first-order chi connectivity index (χ1) is 13.5. The largest absolute Gasteiger partial charge is 0.487 e. The molecular formula is C21H19ClINO3S. The standard InChI is InChI=1S/C21H19ClINO3S/c1-2-3-10-24-20(25)19(28-21(24)26)12-15-6-9-18(17(22)11-15)27-13-14-4-7-16(23)8-5-14/h4-9,11-12H,2-3,10,13H2,1H3/b19-12-. The van der Waals surface area contributed by atoms with Crippen LogP contribution in [0.5, 0.6) is 5.75 Å². The lowest BCUT2D eigenvalue weighted by atomic mass is 10.2. The second-order valence-electron chi connectivity index (χ2n) is 6.29. The van der Waals surface area contributed by atoms with Gasteiger partial charge in [0.2, 0.25) is 0 Å². The van der Waals surface area contributed by atoms with E-state index in [9.17, 15) is 9.59 Å². The van der Waals surface area contributed by atoms with Gasteiger partial charge in [-0.2, -0.15) is 0 Å². The van der Waals surface area contributed by atoms with Crippen LogP contribution in [0, 0.1) is 3.57 Å². The van der Waals surface area contributed by atoms with Crippen LogP contribution < -0.4 is 4.74 Å². The molecule has 0 N–H and O–H groups in total. The molecule has 7 heteroatoms. The third-order valence-corrected chi connectivity index (χ3v) is 6.09. The van der Waals surface area contributed by atoms with E-state index in [2.05, 4.69) is 22.6 Å². The topological polar surface area (TPSA) is 46.6 Å². The van der Waals surface area contributed by atoms with Crippen LogP contribution in [0.1, 0.15) is 30.9 Å². The number of rotatable bonds is 7. The van der Waals surface area contributed by atoms with Crippen molar-refractivity contribution in [3.63, 3.8) is 0 Å². The van der Waals surface area contributed by atoms with Gasteiger partial charge < -0.3 is 4.74 Å². The summed E-state index contributed by atoms with van der Waals surface area (Å²) in [6, 6.07) is 13.4. The van der Waals surface area contributed by atoms with E-state index in [1.54, 1.807) is 18.2 Å². The van der Waals surface area contributed by atoms with E-state index >= 15 is 0 Å². The number of carbonyl (C=O) groups excluding carboxylic acids is 2. The molecule has 1 heterocycles. The lowest BCUT2D eigenvalue weighted by molar-refractivity contribution is -0.122. The number of ether oxygens (including phenoxy) is 1. The van der Waals surface area contributed by atoms with Crippen LogP contribution in [-0.2, 0) is 11.4 Å². The summed E-state index contributed by atoms with van der Waals surface area (Å²) in [6.07, 6.45) is 3.44. The first kappa shape index (κ1) is 21.2. The highest BCUT2D eigenvalue weighted by atomic mass is 127. The van der Waals surface area contributed by atoms with Gasteiger partial charge in [-0.1, -0.05) is 43.1 Å². The van der Waals surface area contributed by atoms with E-state index in [1.165, 1.54) is 8.47 Å². The van der Waals surface area contributed by atoms with Crippen molar-refractivity contribution in [2.75, 3.05) is 6.54 Å². The molecule has 0 unspecified atom stereocenters. The summed E-state index contributed by atoms with van der Waals surface area (Å²) < 4.78 is 6.97. The summed E-state index contributed by atoms with van der Waals surface area (Å²) in [5.41, 5.74) is 1.81. The minimum atomic E-state index is -0.237. The fourth-order valence-electron chi connectivity index (χ4n) is 2.63. The van der Waals surface area contributed by atoms with Crippen LogP contribution in [0.4, 0.5) is 4.79 Å². The summed E-state index contributed by atoms with van der Waals surface area (Å²) in [5.74, 6) is 0.340. The van der Waals surface area contributed by atoms with Crippen LogP contribution in [0.3, 0.4) is 0 Å². The van der Waals surface area contributed by atoms with E-state index in [0.29, 0.717) is 28.8 Å². The Balaban J connectivity index is 1.68. The summed E-state index contributed by atoms with van der Waals surface area (Å²) in [5, 5.41) is 0.248. The molecule has 2 aromatic rings. The number of benzene rings is 2. The third kappa shape index (κ3) is 5.30. The Kier molecular flexibility index (Phi) is 7.42. The number of carbonyl (C=O) groups is 2. The molecule has 1 saturated heterocycles. The van der Waals surface area contributed by atoms with Gasteiger partial charge in [-0.3, -0.25) is 14.5 Å². The van der Waals surface area contributed by atoms with Crippen LogP contribution in [0.15, 0.2) is 47.4 Å². The fourth-order valence-corrected chi connectivity index (χ4v) is 4.09. The number of thioether (sulfide) groups is 1. The van der Waals surface area contributed by atoms with E-state index in [1.807, 2.05) is 37.3 Å². The minimum absolute atomic E-state index is 0.215. The minimum Gasteiger partial charge on any atom is -0.487 e. The van der Waals surface area contributed by atoms with Crippen LogP contribution in [-0.4, -0.2) is 22.6 Å². The highest BCUT2D eigenvalue weighted by Gasteiger charge is 2.34. The summed E-state index contributed by atoms with van der Waals surface area (Å²) >= 11 is 9.57. The molecule has 28 heavy (non-hydrogen) atoms. The van der Waals surface area contributed by atoms with Crippen molar-refractivity contribution in [1.29, 1.82) is 0 Å². The third-order valence-electron chi connectivity index (χ3n) is 4.17. The molecule has 0 atom stereocenters. The molecule has 0 radical (unpaired) electrons. The first-order valence-corrected chi connectivity index (χ1v) is 11.2. The van der Waals surface area contributed by atoms with E-state index in [4.69, 9.17) is 16.3 Å². The van der Waals surface area contributed by atoms with Gasteiger partial charge in [0.05, 0.1) is 9.93 Å². The van der Waals surface area contributed by atoms with Crippen molar-refractivity contribution in [3.8, 4) is 5.75 Å². The predicted molar refractivity (Wildman–Crippen MR) is 123 cm³/mol. The highest BCUT2D eigenvalue weighted by Crippen LogP contribution is 2.34. The Bertz CT molecular complexity index is 914. The predicted octanol–water partition coefficient (Wildman–Crippen LogP) is 6.36. The molecule has 2 aromatic carbocycles. The Morgan fingerprint density at radius 2 is 1.93 bits per heavy atom. The zero-order chi connectivity index (χ0) is 20.1. The van der Waals surface area contributed by atoms with Gasteiger partial charge in [0.1, 0.15) is 12.4 Å². The lowest BCUT2D eigenvalue weighted by Gasteiger charge is -2.11. The maximum absolute atomic E-state index is 12.4. The van der Waals surface area contributed by atoms with Crippen molar-refractivity contribution in [1.82, 2.24) is 4.90 Å². The van der Waals surface area contributed by atoms with Gasteiger partial charge in [-0.15, -0.1) is 0 Å². The monoisotopic (exact) mass is 527 g/mol. The molecule has 0 aliphatic carbocycles. The zero-order valence-corrected chi connectivity index (χ0v) is 19.0. The molecule has 1 aliphatic rings. The van der Waals surface area contributed by atoms with Crippen molar-refractivity contribution >= 4 is 63.2 Å². The summed E-state index contributed by atoms with van der Waals surface area (Å²) in [6.45, 7) is 2.91. The zero-order valence-electron chi connectivity index (χ0n) is 15.3. The Morgan fingerprint density at radius 3 is 2.61 bits per heavy atom. The number of nitrogens with zero attached hydrogens (tertiary/aromatic N) is 1. The smallest absolute Gasteiger partial charge is 0.293 e. The summed E-state index contributed by atoms with van der Waals surface area (Å²) in [4.78, 5) is 26.2. The van der Waals surface area contributed by atoms with Crippen molar-refractivity contribution in [2.45, 2.75) is 26.4 Å². The van der Waals surface area contributed by atoms with Crippen LogP contribution in [0.2, 0.25) is 5.02 Å². The summed E-state index contributed by atoms with van der Waals surface area (Å²) in [7, 11) is 0. The Labute approximate surface area is 187 Å². The van der Waals surface area contributed by atoms with Crippen LogP contribution in [0.25, 0.3) is 6.08 Å². The highest BCUT2D eigenvalue weighted by molar-refractivity contribution is 14.1. The molecule has 1 aliphatic heterocycles. The number of amides is 2. The van der Waals surface area contributed by atoms with E-state index < -0.39 is 0 Å². The second kappa shape index (κ2) is 9.80. The number of hydrogen-bond acceptors (Lipinski definition) is 4. The lowest BCUT2D eigenvalue weighted by Crippen LogP contribution is -2.29. The van der Waals surface area contributed by atoms with Gasteiger partial charge in [0.25, 0.3) is 11.1 Å². The molecule has 1 fully saturated rings. The van der Waals surface area contributed by atoms with Gasteiger partial charge in [-0.05, 0) is 82.2 Å². The number of halogens is 2. The maximum Gasteiger partial charge on any atom is 0.293 e. The van der Waals surface area contributed by atoms with Crippen molar-refractivity contribution in [3.05, 3.63) is 67.1 Å². The molecule has 0 saturated carbocycles. The number of hydrogen-bond donors (Lipinski definition) is 0. The molecule has 146 valence electrons. The normalized spacial score (nSPS) is 15.5. The Hall–Kier alpha value is -1.51. The molecular weight excluding hydrogens is 509 g/mol. The molecule has 0 spiro atoms. The van der Waals surface area contributed by atoms with Gasteiger partial charge in [0.15, 0.2) is 0 Å². The Morgan fingerprint density at radius 1 is 1.18 bits per heavy atom. The molecule has 0 aromatic heterocycles. The fraction of sp³-hybridized carbons (Fsp3) is 0.238. The van der Waals surface area contributed by atoms with Crippen molar-refractivity contribution < 1.29 is 14.3 Å². The maximum atomic E-state index is 12.4.